The van der Waals surface area contributed by atoms with Crippen LogP contribution >= 0.6 is 0 Å². The monoisotopic (exact) mass is 753 g/mol. The second-order valence-corrected chi connectivity index (χ2v) is 15.3. The van der Waals surface area contributed by atoms with E-state index >= 15 is 0 Å². The van der Waals surface area contributed by atoms with Crippen molar-refractivity contribution in [1.29, 1.82) is 0 Å². The summed E-state index contributed by atoms with van der Waals surface area (Å²) in [5.41, 5.74) is 14.8. The maximum absolute atomic E-state index is 6.86. The van der Waals surface area contributed by atoms with Gasteiger partial charge in [0.25, 0.3) is 0 Å². The van der Waals surface area contributed by atoms with E-state index < -0.39 is 0 Å². The van der Waals surface area contributed by atoms with Crippen molar-refractivity contribution < 1.29 is 4.42 Å². The molecule has 0 unspecified atom stereocenters. The third kappa shape index (κ3) is 6.32. The summed E-state index contributed by atoms with van der Waals surface area (Å²) in [4.78, 5) is 2.45. The molecule has 0 amide bonds. The molecule has 11 aromatic rings. The molecule has 2 nitrogen and oxygen atoms in total. The van der Waals surface area contributed by atoms with Crippen molar-refractivity contribution in [1.82, 2.24) is 0 Å². The number of hydrogen-bond donors (Lipinski definition) is 0. The van der Waals surface area contributed by atoms with E-state index in [-0.39, 0.29) is 0 Å². The van der Waals surface area contributed by atoms with Crippen LogP contribution in [0.15, 0.2) is 229 Å². The zero-order valence-corrected chi connectivity index (χ0v) is 32.4. The van der Waals surface area contributed by atoms with E-state index in [4.69, 9.17) is 4.42 Å². The van der Waals surface area contributed by atoms with Crippen molar-refractivity contribution >= 4 is 54.9 Å². The Kier molecular flexibility index (Phi) is 8.60. The van der Waals surface area contributed by atoms with Gasteiger partial charge in [0.05, 0.1) is 0 Å². The van der Waals surface area contributed by atoms with Gasteiger partial charge >= 0.3 is 0 Å². The molecule has 0 fully saturated rings. The van der Waals surface area contributed by atoms with Crippen LogP contribution in [0.4, 0.5) is 11.4 Å². The van der Waals surface area contributed by atoms with Gasteiger partial charge in [0.1, 0.15) is 11.2 Å². The number of furan rings is 1. The molecule has 278 valence electrons. The van der Waals surface area contributed by atoms with Gasteiger partial charge in [-0.05, 0) is 97.1 Å². The number of anilines is 2. The van der Waals surface area contributed by atoms with Gasteiger partial charge in [-0.3, -0.25) is 0 Å². The predicted molar refractivity (Wildman–Crippen MR) is 249 cm³/mol. The third-order valence-electron chi connectivity index (χ3n) is 11.8. The molecule has 0 aliphatic heterocycles. The molecule has 0 saturated carbocycles. The second-order valence-electron chi connectivity index (χ2n) is 15.3. The minimum Gasteiger partial charge on any atom is -0.455 e. The Balaban J connectivity index is 1.03. The summed E-state index contributed by atoms with van der Waals surface area (Å²) in [6.07, 6.45) is 0. The number of rotatable bonds is 8. The van der Waals surface area contributed by atoms with Crippen molar-refractivity contribution in [3.8, 4) is 44.5 Å². The van der Waals surface area contributed by atoms with E-state index in [0.29, 0.717) is 6.54 Å². The lowest BCUT2D eigenvalue weighted by Crippen LogP contribution is -2.17. The minimum absolute atomic E-state index is 0.650. The molecule has 1 heterocycles. The highest BCUT2D eigenvalue weighted by Crippen LogP contribution is 2.41. The molecule has 0 aliphatic carbocycles. The van der Waals surface area contributed by atoms with E-state index in [9.17, 15) is 0 Å². The Hall–Kier alpha value is -7.68. The van der Waals surface area contributed by atoms with Crippen molar-refractivity contribution in [3.05, 3.63) is 230 Å². The number of nitrogens with zero attached hydrogens (tertiary/aromatic N) is 1. The Morgan fingerprint density at radius 2 is 0.864 bits per heavy atom. The molecule has 10 aromatic carbocycles. The summed E-state index contributed by atoms with van der Waals surface area (Å²) < 4.78 is 6.86. The highest BCUT2D eigenvalue weighted by atomic mass is 16.3. The lowest BCUT2D eigenvalue weighted by Gasteiger charge is -2.27. The van der Waals surface area contributed by atoms with Crippen molar-refractivity contribution in [2.75, 3.05) is 4.90 Å². The first-order valence-electron chi connectivity index (χ1n) is 20.3. The average molecular weight is 754 g/mol. The molecule has 0 spiro atoms. The summed E-state index contributed by atoms with van der Waals surface area (Å²) >= 11 is 0. The molecule has 1 aromatic heterocycles. The molecule has 2 heteroatoms. The molecule has 59 heavy (non-hydrogen) atoms. The van der Waals surface area contributed by atoms with E-state index in [1.165, 1.54) is 55.1 Å². The van der Waals surface area contributed by atoms with Crippen LogP contribution in [0.2, 0.25) is 0 Å². The standard InChI is InChI=1S/C57H39NO/c1-2-14-39(15-3-1)43-20-10-21-44(36-43)40-30-33-47(34-31-40)58(48-23-11-22-45(37-48)50-27-12-19-41-16-4-7-24-49(41)50)38-46-18-6-8-25-51(46)53-28-13-29-54-55-35-32-42-17-5-9-26-52(42)56(55)59-57(53)54/h1-37H,38H2. The highest BCUT2D eigenvalue weighted by Gasteiger charge is 2.19. The molecule has 11 rings (SSSR count). The fourth-order valence-corrected chi connectivity index (χ4v) is 8.82. The van der Waals surface area contributed by atoms with Gasteiger partial charge in [-0.2, -0.15) is 0 Å². The van der Waals surface area contributed by atoms with E-state index in [0.717, 1.165) is 49.8 Å². The molecule has 0 N–H and O–H groups in total. The first kappa shape index (κ1) is 34.6. The van der Waals surface area contributed by atoms with Crippen LogP contribution in [-0.4, -0.2) is 0 Å². The van der Waals surface area contributed by atoms with Gasteiger partial charge in [0.2, 0.25) is 0 Å². The first-order chi connectivity index (χ1) is 29.2. The van der Waals surface area contributed by atoms with Gasteiger partial charge in [-0.15, -0.1) is 0 Å². The largest absolute Gasteiger partial charge is 0.455 e. The topological polar surface area (TPSA) is 16.4 Å². The maximum Gasteiger partial charge on any atom is 0.143 e. The molecule has 0 bridgehead atoms. The zero-order chi connectivity index (χ0) is 39.1. The zero-order valence-electron chi connectivity index (χ0n) is 32.4. The highest BCUT2D eigenvalue weighted by molar-refractivity contribution is 6.17. The number of benzene rings is 10. The number of fused-ring (bicyclic) bond motifs is 6. The lowest BCUT2D eigenvalue weighted by atomic mass is 9.96. The van der Waals surface area contributed by atoms with Gasteiger partial charge in [0, 0.05) is 39.6 Å². The van der Waals surface area contributed by atoms with Crippen LogP contribution in [0.25, 0.3) is 88.0 Å². The van der Waals surface area contributed by atoms with Gasteiger partial charge in [0.15, 0.2) is 0 Å². The van der Waals surface area contributed by atoms with Crippen molar-refractivity contribution in [3.63, 3.8) is 0 Å². The fourth-order valence-electron chi connectivity index (χ4n) is 8.82. The van der Waals surface area contributed by atoms with Crippen LogP contribution in [0.3, 0.4) is 0 Å². The van der Waals surface area contributed by atoms with E-state index in [2.05, 4.69) is 229 Å². The van der Waals surface area contributed by atoms with Crippen LogP contribution in [0.5, 0.6) is 0 Å². The SMILES string of the molecule is c1ccc(-c2cccc(-c3ccc(N(Cc4ccccc4-c4cccc5c4oc4c6ccccc6ccc54)c4cccc(-c5cccc6ccccc56)c4)cc3)c2)cc1. The van der Waals surface area contributed by atoms with Gasteiger partial charge < -0.3 is 9.32 Å². The number of para-hydroxylation sites is 1. The van der Waals surface area contributed by atoms with Crippen LogP contribution in [-0.2, 0) is 6.54 Å². The smallest absolute Gasteiger partial charge is 0.143 e. The number of hydrogen-bond acceptors (Lipinski definition) is 2. The Bertz CT molecular complexity index is 3300. The Morgan fingerprint density at radius 3 is 1.71 bits per heavy atom. The summed E-state index contributed by atoms with van der Waals surface area (Å²) in [5, 5.41) is 7.06. The molecule has 0 saturated heterocycles. The molecule has 0 aliphatic rings. The van der Waals surface area contributed by atoms with Crippen LogP contribution in [0, 0.1) is 0 Å². The molecular weight excluding hydrogens is 715 g/mol. The Labute approximate surface area is 343 Å². The summed E-state index contributed by atoms with van der Waals surface area (Å²) in [5.74, 6) is 0. The van der Waals surface area contributed by atoms with Gasteiger partial charge in [-0.25, -0.2) is 0 Å². The summed E-state index contributed by atoms with van der Waals surface area (Å²) in [6.45, 7) is 0.650. The maximum atomic E-state index is 6.86. The molecular formula is C57H39NO. The normalized spacial score (nSPS) is 11.5. The predicted octanol–water partition coefficient (Wildman–Crippen LogP) is 15.9. The third-order valence-corrected chi connectivity index (χ3v) is 11.8. The molecule has 0 radical (unpaired) electrons. The van der Waals surface area contributed by atoms with Crippen LogP contribution < -0.4 is 4.90 Å². The van der Waals surface area contributed by atoms with Crippen molar-refractivity contribution in [2.45, 2.75) is 6.54 Å². The summed E-state index contributed by atoms with van der Waals surface area (Å²) in [7, 11) is 0. The minimum atomic E-state index is 0.650. The Morgan fingerprint density at radius 1 is 0.305 bits per heavy atom. The van der Waals surface area contributed by atoms with Crippen LogP contribution in [0.1, 0.15) is 5.56 Å². The fraction of sp³-hybridized carbons (Fsp3) is 0.0175. The average Bonchev–Trinajstić information content (AvgIpc) is 3.71. The van der Waals surface area contributed by atoms with E-state index in [1.54, 1.807) is 0 Å². The molecule has 0 atom stereocenters. The first-order valence-corrected chi connectivity index (χ1v) is 20.3. The quantitative estimate of drug-likeness (QED) is 0.154. The summed E-state index contributed by atoms with van der Waals surface area (Å²) in [6, 6.07) is 80.9. The lowest BCUT2D eigenvalue weighted by molar-refractivity contribution is 0.673. The second kappa shape index (κ2) is 14.7. The van der Waals surface area contributed by atoms with Crippen molar-refractivity contribution in [2.24, 2.45) is 0 Å². The van der Waals surface area contributed by atoms with E-state index in [1.807, 2.05) is 0 Å². The van der Waals surface area contributed by atoms with Gasteiger partial charge in [-0.1, -0.05) is 188 Å².